The lowest BCUT2D eigenvalue weighted by Crippen LogP contribution is -2.49. The molecule has 1 aliphatic carbocycles. The molecule has 1 N–H and O–H groups in total. The number of alkyl halides is 7. The van der Waals surface area contributed by atoms with E-state index in [1.54, 1.807) is 36.4 Å². The van der Waals surface area contributed by atoms with Gasteiger partial charge in [-0.2, -0.15) is 26.3 Å². The van der Waals surface area contributed by atoms with Gasteiger partial charge in [0.25, 0.3) is 0 Å². The highest BCUT2D eigenvalue weighted by atomic mass is 19.4. The van der Waals surface area contributed by atoms with E-state index in [4.69, 9.17) is 4.74 Å². The summed E-state index contributed by atoms with van der Waals surface area (Å²) >= 11 is 0. The normalized spacial score (nSPS) is 24.0. The van der Waals surface area contributed by atoms with Gasteiger partial charge >= 0.3 is 12.4 Å². The van der Waals surface area contributed by atoms with Gasteiger partial charge in [-0.1, -0.05) is 44.2 Å². The summed E-state index contributed by atoms with van der Waals surface area (Å²) in [5, 5.41) is 9.74. The molecule has 4 atom stereocenters. The van der Waals surface area contributed by atoms with E-state index in [9.17, 15) is 31.4 Å². The second kappa shape index (κ2) is 10.1. The third-order valence-corrected chi connectivity index (χ3v) is 6.08. The van der Waals surface area contributed by atoms with E-state index in [-0.39, 0.29) is 11.4 Å². The number of benzene rings is 2. The molecule has 0 heterocycles. The van der Waals surface area contributed by atoms with Gasteiger partial charge in [-0.25, -0.2) is 4.39 Å². The highest BCUT2D eigenvalue weighted by Gasteiger charge is 2.48. The van der Waals surface area contributed by atoms with Crippen molar-refractivity contribution in [3.63, 3.8) is 0 Å². The van der Waals surface area contributed by atoms with Crippen LogP contribution in [0.1, 0.15) is 20.3 Å². The van der Waals surface area contributed by atoms with Crippen LogP contribution in [0, 0.1) is 11.3 Å². The van der Waals surface area contributed by atoms with Crippen molar-refractivity contribution in [1.29, 1.82) is 0 Å². The van der Waals surface area contributed by atoms with Crippen LogP contribution >= 0.6 is 0 Å². The predicted molar refractivity (Wildman–Crippen MR) is 118 cm³/mol. The maximum absolute atomic E-state index is 15.1. The quantitative estimate of drug-likeness (QED) is 0.322. The third kappa shape index (κ3) is 6.68. The van der Waals surface area contributed by atoms with Crippen LogP contribution in [0.3, 0.4) is 0 Å². The van der Waals surface area contributed by atoms with E-state index in [1.165, 1.54) is 32.0 Å². The standard InChI is InChI=1S/C25H26F7NO2/c1-16-11-21(26)23(2,13-20(16)24(27,28)29)15-33(14-22(34)25(30,31)32)17-7-6-10-19(12-17)35-18-8-4-3-5-9-18/h3-10,12-13,16,21-22,34H,11,14-15H2,1-2H3. The molecular weight excluding hydrogens is 479 g/mol. The first-order chi connectivity index (χ1) is 16.2. The van der Waals surface area contributed by atoms with E-state index < -0.39 is 61.0 Å². The molecule has 2 aromatic carbocycles. The van der Waals surface area contributed by atoms with Crippen LogP contribution < -0.4 is 9.64 Å². The van der Waals surface area contributed by atoms with Gasteiger partial charge < -0.3 is 14.7 Å². The summed E-state index contributed by atoms with van der Waals surface area (Å²) < 4.78 is 101. The highest BCUT2D eigenvalue weighted by Crippen LogP contribution is 2.46. The molecule has 0 aliphatic heterocycles. The molecule has 10 heteroatoms. The summed E-state index contributed by atoms with van der Waals surface area (Å²) in [5.41, 5.74) is -2.53. The van der Waals surface area contributed by atoms with Gasteiger partial charge in [0.05, 0.1) is 6.54 Å². The molecule has 0 fully saturated rings. The van der Waals surface area contributed by atoms with Crippen molar-refractivity contribution in [3.8, 4) is 11.5 Å². The Kier molecular flexibility index (Phi) is 7.74. The van der Waals surface area contributed by atoms with Crippen molar-refractivity contribution in [1.82, 2.24) is 0 Å². The molecule has 0 radical (unpaired) electrons. The van der Waals surface area contributed by atoms with Crippen molar-refractivity contribution in [2.75, 3.05) is 18.0 Å². The molecule has 35 heavy (non-hydrogen) atoms. The number of aliphatic hydroxyl groups is 1. The van der Waals surface area contributed by atoms with Crippen LogP contribution in [-0.2, 0) is 0 Å². The van der Waals surface area contributed by atoms with Gasteiger partial charge in [0.2, 0.25) is 0 Å². The van der Waals surface area contributed by atoms with Crippen LogP contribution in [0.2, 0.25) is 0 Å². The number of nitrogens with zero attached hydrogens (tertiary/aromatic N) is 1. The molecular formula is C25H26F7NO2. The first-order valence-electron chi connectivity index (χ1n) is 11.0. The van der Waals surface area contributed by atoms with Gasteiger partial charge in [0, 0.05) is 29.3 Å². The average Bonchev–Trinajstić information content (AvgIpc) is 2.75. The van der Waals surface area contributed by atoms with Crippen LogP contribution in [-0.4, -0.2) is 42.8 Å². The van der Waals surface area contributed by atoms with Crippen LogP contribution in [0.4, 0.5) is 36.4 Å². The number of rotatable bonds is 7. The molecule has 0 spiro atoms. The Morgan fingerprint density at radius 3 is 2.26 bits per heavy atom. The number of hydrogen-bond donors (Lipinski definition) is 1. The summed E-state index contributed by atoms with van der Waals surface area (Å²) in [7, 11) is 0. The second-order valence-electron chi connectivity index (χ2n) is 9.06. The molecule has 0 aromatic heterocycles. The smallest absolute Gasteiger partial charge is 0.416 e. The number of para-hydroxylation sites is 1. The summed E-state index contributed by atoms with van der Waals surface area (Å²) in [5.74, 6) is -0.373. The lowest BCUT2D eigenvalue weighted by atomic mass is 9.72. The Balaban J connectivity index is 1.98. The molecule has 4 unspecified atom stereocenters. The fourth-order valence-electron chi connectivity index (χ4n) is 4.15. The minimum absolute atomic E-state index is 0.135. The third-order valence-electron chi connectivity index (χ3n) is 6.08. The minimum Gasteiger partial charge on any atom is -0.457 e. The molecule has 3 rings (SSSR count). The Bertz CT molecular complexity index is 1020. The Labute approximate surface area is 198 Å². The van der Waals surface area contributed by atoms with Gasteiger partial charge in [0.15, 0.2) is 6.10 Å². The second-order valence-corrected chi connectivity index (χ2v) is 9.06. The largest absolute Gasteiger partial charge is 0.457 e. The fourth-order valence-corrected chi connectivity index (χ4v) is 4.15. The minimum atomic E-state index is -4.97. The fraction of sp³-hybridized carbons (Fsp3) is 0.440. The zero-order valence-electron chi connectivity index (χ0n) is 19.1. The molecule has 2 aromatic rings. The SMILES string of the molecule is CC1CC(F)C(C)(CN(CC(O)C(F)(F)F)c2cccc(Oc3ccccc3)c2)C=C1C(F)(F)F. The molecule has 0 saturated carbocycles. The van der Waals surface area contributed by atoms with Gasteiger partial charge in [0.1, 0.15) is 17.7 Å². The van der Waals surface area contributed by atoms with E-state index in [0.717, 1.165) is 11.0 Å². The van der Waals surface area contributed by atoms with E-state index >= 15 is 4.39 Å². The van der Waals surface area contributed by atoms with E-state index in [0.29, 0.717) is 5.75 Å². The van der Waals surface area contributed by atoms with Crippen molar-refractivity contribution >= 4 is 5.69 Å². The summed E-state index contributed by atoms with van der Waals surface area (Å²) in [6.07, 6.45) is -13.8. The number of aliphatic hydroxyl groups excluding tert-OH is 1. The molecule has 0 amide bonds. The van der Waals surface area contributed by atoms with Crippen molar-refractivity contribution in [2.24, 2.45) is 11.3 Å². The van der Waals surface area contributed by atoms with Crippen LogP contribution in [0.25, 0.3) is 0 Å². The average molecular weight is 505 g/mol. The molecule has 192 valence electrons. The van der Waals surface area contributed by atoms with Crippen LogP contribution in [0.5, 0.6) is 11.5 Å². The van der Waals surface area contributed by atoms with Crippen molar-refractivity contribution < 1.29 is 40.6 Å². The topological polar surface area (TPSA) is 32.7 Å². The Hall–Kier alpha value is -2.75. The van der Waals surface area contributed by atoms with Gasteiger partial charge in [-0.3, -0.25) is 0 Å². The monoisotopic (exact) mass is 505 g/mol. The first kappa shape index (κ1) is 26.8. The molecule has 3 nitrogen and oxygen atoms in total. The van der Waals surface area contributed by atoms with Gasteiger partial charge in [-0.05, 0) is 36.6 Å². The maximum Gasteiger partial charge on any atom is 0.416 e. The zero-order chi connectivity index (χ0) is 26.0. The zero-order valence-corrected chi connectivity index (χ0v) is 19.1. The molecule has 0 bridgehead atoms. The predicted octanol–water partition coefficient (Wildman–Crippen LogP) is 7.08. The number of halogens is 7. The lowest BCUT2D eigenvalue weighted by Gasteiger charge is -2.42. The number of allylic oxidation sites excluding steroid dienone is 1. The van der Waals surface area contributed by atoms with Crippen LogP contribution in [0.15, 0.2) is 66.2 Å². The van der Waals surface area contributed by atoms with E-state index in [1.807, 2.05) is 0 Å². The Morgan fingerprint density at radius 1 is 1.03 bits per heavy atom. The van der Waals surface area contributed by atoms with Crippen molar-refractivity contribution in [2.45, 2.75) is 44.9 Å². The number of hydrogen-bond acceptors (Lipinski definition) is 3. The number of ether oxygens (including phenoxy) is 1. The highest BCUT2D eigenvalue weighted by molar-refractivity contribution is 5.52. The molecule has 1 aliphatic rings. The lowest BCUT2D eigenvalue weighted by molar-refractivity contribution is -0.200. The molecule has 0 saturated heterocycles. The van der Waals surface area contributed by atoms with Gasteiger partial charge in [-0.15, -0.1) is 0 Å². The first-order valence-corrected chi connectivity index (χ1v) is 11.0. The summed E-state index contributed by atoms with van der Waals surface area (Å²) in [6.45, 7) is 0.987. The Morgan fingerprint density at radius 2 is 1.66 bits per heavy atom. The van der Waals surface area contributed by atoms with Crippen molar-refractivity contribution in [3.05, 3.63) is 66.2 Å². The number of anilines is 1. The van der Waals surface area contributed by atoms with E-state index in [2.05, 4.69) is 0 Å². The summed E-state index contributed by atoms with van der Waals surface area (Å²) in [4.78, 5) is 1.04. The maximum atomic E-state index is 15.1. The summed E-state index contributed by atoms with van der Waals surface area (Å²) in [6, 6.07) is 14.4.